The molecule has 2 N–H and O–H groups in total. The molecule has 1 saturated heterocycles. The fraction of sp³-hybridized carbons (Fsp3) is 0.611. The van der Waals surface area contributed by atoms with Crippen molar-refractivity contribution < 1.29 is 0 Å². The predicted octanol–water partition coefficient (Wildman–Crippen LogP) is 3.71. The molecule has 0 saturated carbocycles. The van der Waals surface area contributed by atoms with Gasteiger partial charge in [-0.1, -0.05) is 13.0 Å². The number of nitrogens with zero attached hydrogens (tertiary/aromatic N) is 1. The van der Waals surface area contributed by atoms with Crippen molar-refractivity contribution in [3.05, 3.63) is 29.3 Å². The summed E-state index contributed by atoms with van der Waals surface area (Å²) >= 11 is 5.38. The molecule has 0 aliphatic carbocycles. The van der Waals surface area contributed by atoms with Gasteiger partial charge in [0.1, 0.15) is 0 Å². The number of thiocarbonyl (C=S) groups is 1. The van der Waals surface area contributed by atoms with Crippen LogP contribution in [0.25, 0.3) is 0 Å². The second-order valence-corrected chi connectivity index (χ2v) is 7.07. The molecule has 1 aromatic rings. The molecule has 1 aliphatic rings. The van der Waals surface area contributed by atoms with Gasteiger partial charge in [0.15, 0.2) is 5.11 Å². The second kappa shape index (κ2) is 8.49. The van der Waals surface area contributed by atoms with Gasteiger partial charge in [0, 0.05) is 18.8 Å². The first-order valence-corrected chi connectivity index (χ1v) is 8.79. The number of aryl methyl sites for hydroxylation is 2. The van der Waals surface area contributed by atoms with Crippen molar-refractivity contribution in [3.8, 4) is 0 Å². The summed E-state index contributed by atoms with van der Waals surface area (Å²) in [5.41, 5.74) is 3.58. The van der Waals surface area contributed by atoms with Crippen LogP contribution in [0.2, 0.25) is 0 Å². The lowest BCUT2D eigenvalue weighted by molar-refractivity contribution is 0.182. The van der Waals surface area contributed by atoms with E-state index in [0.29, 0.717) is 0 Å². The van der Waals surface area contributed by atoms with E-state index in [1.807, 2.05) is 0 Å². The van der Waals surface area contributed by atoms with E-state index in [1.54, 1.807) is 0 Å². The number of rotatable bonds is 5. The Morgan fingerprint density at radius 1 is 1.27 bits per heavy atom. The zero-order chi connectivity index (χ0) is 15.9. The van der Waals surface area contributed by atoms with E-state index in [4.69, 9.17) is 12.2 Å². The third-order valence-corrected chi connectivity index (χ3v) is 4.40. The van der Waals surface area contributed by atoms with Gasteiger partial charge in [0.05, 0.1) is 0 Å². The first-order chi connectivity index (χ1) is 10.5. The van der Waals surface area contributed by atoms with Gasteiger partial charge in [0.2, 0.25) is 0 Å². The summed E-state index contributed by atoms with van der Waals surface area (Å²) in [5, 5.41) is 7.31. The number of hydrogen-bond donors (Lipinski definition) is 2. The summed E-state index contributed by atoms with van der Waals surface area (Å²) in [4.78, 5) is 2.58. The summed E-state index contributed by atoms with van der Waals surface area (Å²) in [6, 6.07) is 6.41. The number of piperidine rings is 1. The minimum absolute atomic E-state index is 0.719. The average molecular weight is 320 g/mol. The summed E-state index contributed by atoms with van der Waals surface area (Å²) in [5.74, 6) is 0.856. The van der Waals surface area contributed by atoms with E-state index >= 15 is 0 Å². The molecule has 122 valence electrons. The maximum atomic E-state index is 5.38. The van der Waals surface area contributed by atoms with Crippen molar-refractivity contribution in [2.45, 2.75) is 40.0 Å². The normalized spacial score (nSPS) is 19.0. The molecule has 3 nitrogen and oxygen atoms in total. The predicted molar refractivity (Wildman–Crippen MR) is 99.6 cm³/mol. The van der Waals surface area contributed by atoms with Gasteiger partial charge in [-0.2, -0.15) is 0 Å². The topological polar surface area (TPSA) is 27.3 Å². The van der Waals surface area contributed by atoms with E-state index in [9.17, 15) is 0 Å². The van der Waals surface area contributed by atoms with Crippen LogP contribution < -0.4 is 10.6 Å². The van der Waals surface area contributed by atoms with Crippen molar-refractivity contribution in [1.82, 2.24) is 10.2 Å². The summed E-state index contributed by atoms with van der Waals surface area (Å²) in [7, 11) is 0. The van der Waals surface area contributed by atoms with Crippen molar-refractivity contribution in [1.29, 1.82) is 0 Å². The third kappa shape index (κ3) is 5.93. The van der Waals surface area contributed by atoms with Crippen LogP contribution in [0, 0.1) is 19.8 Å². The van der Waals surface area contributed by atoms with Crippen molar-refractivity contribution in [2.24, 2.45) is 5.92 Å². The minimum Gasteiger partial charge on any atom is -0.362 e. The maximum absolute atomic E-state index is 5.38. The highest BCUT2D eigenvalue weighted by atomic mass is 32.1. The molecular weight excluding hydrogens is 290 g/mol. The number of nitrogens with one attached hydrogen (secondary N) is 2. The summed E-state index contributed by atoms with van der Waals surface area (Å²) in [6.45, 7) is 11.2. The van der Waals surface area contributed by atoms with Crippen LogP contribution >= 0.6 is 12.2 Å². The first kappa shape index (κ1) is 17.2. The molecule has 0 radical (unpaired) electrons. The molecule has 2 rings (SSSR count). The Labute approximate surface area is 140 Å². The van der Waals surface area contributed by atoms with Gasteiger partial charge in [-0.15, -0.1) is 0 Å². The first-order valence-electron chi connectivity index (χ1n) is 8.38. The SMILES string of the molecule is Cc1cc(C)cc(NC(=S)NCCCN2CCC[C@H](C)C2)c1. The zero-order valence-corrected chi connectivity index (χ0v) is 14.9. The van der Waals surface area contributed by atoms with Crippen molar-refractivity contribution in [3.63, 3.8) is 0 Å². The summed E-state index contributed by atoms with van der Waals surface area (Å²) in [6.07, 6.45) is 3.88. The molecule has 1 aliphatic heterocycles. The Balaban J connectivity index is 1.65. The molecule has 0 unspecified atom stereocenters. The molecule has 1 aromatic carbocycles. The number of likely N-dealkylation sites (tertiary alicyclic amines) is 1. The molecule has 0 aromatic heterocycles. The Kier molecular flexibility index (Phi) is 6.65. The fourth-order valence-corrected chi connectivity index (χ4v) is 3.44. The molecular formula is C18H29N3S. The van der Waals surface area contributed by atoms with Crippen LogP contribution in [0.1, 0.15) is 37.3 Å². The molecule has 0 spiro atoms. The smallest absolute Gasteiger partial charge is 0.170 e. The number of anilines is 1. The number of hydrogen-bond acceptors (Lipinski definition) is 2. The lowest BCUT2D eigenvalue weighted by Crippen LogP contribution is -2.37. The Morgan fingerprint density at radius 3 is 2.68 bits per heavy atom. The zero-order valence-electron chi connectivity index (χ0n) is 14.1. The van der Waals surface area contributed by atoms with Crippen LogP contribution in [-0.2, 0) is 0 Å². The van der Waals surface area contributed by atoms with Crippen molar-refractivity contribution in [2.75, 3.05) is 31.5 Å². The Morgan fingerprint density at radius 2 is 2.00 bits per heavy atom. The molecule has 0 bridgehead atoms. The maximum Gasteiger partial charge on any atom is 0.170 e. The van der Waals surface area contributed by atoms with E-state index < -0.39 is 0 Å². The minimum atomic E-state index is 0.719. The highest BCUT2D eigenvalue weighted by Gasteiger charge is 2.15. The van der Waals surface area contributed by atoms with Gasteiger partial charge in [-0.05, 0) is 87.6 Å². The van der Waals surface area contributed by atoms with E-state index in [-0.39, 0.29) is 0 Å². The molecule has 22 heavy (non-hydrogen) atoms. The van der Waals surface area contributed by atoms with Crippen LogP contribution in [0.3, 0.4) is 0 Å². The van der Waals surface area contributed by atoms with Gasteiger partial charge in [0.25, 0.3) is 0 Å². The lowest BCUT2D eigenvalue weighted by Gasteiger charge is -2.30. The van der Waals surface area contributed by atoms with Crippen molar-refractivity contribution >= 4 is 23.0 Å². The molecule has 4 heteroatoms. The Bertz CT molecular complexity index is 481. The molecule has 1 heterocycles. The fourth-order valence-electron chi connectivity index (χ4n) is 3.22. The van der Waals surface area contributed by atoms with Gasteiger partial charge in [-0.3, -0.25) is 0 Å². The van der Waals surface area contributed by atoms with Crippen LogP contribution in [0.4, 0.5) is 5.69 Å². The monoisotopic (exact) mass is 319 g/mol. The summed E-state index contributed by atoms with van der Waals surface area (Å²) < 4.78 is 0. The van der Waals surface area contributed by atoms with Crippen LogP contribution in [0.5, 0.6) is 0 Å². The lowest BCUT2D eigenvalue weighted by atomic mass is 10.0. The van der Waals surface area contributed by atoms with E-state index in [2.05, 4.69) is 54.5 Å². The quantitative estimate of drug-likeness (QED) is 0.639. The highest BCUT2D eigenvalue weighted by molar-refractivity contribution is 7.80. The van der Waals surface area contributed by atoms with Gasteiger partial charge in [-0.25, -0.2) is 0 Å². The standard InChI is InChI=1S/C18H29N3S/c1-14-6-4-8-21(13-14)9-5-7-19-18(22)20-17-11-15(2)10-16(3)12-17/h10-12,14H,4-9,13H2,1-3H3,(H2,19,20,22)/t14-/m0/s1. The number of benzene rings is 1. The van der Waals surface area contributed by atoms with E-state index in [1.165, 1.54) is 43.6 Å². The molecule has 1 atom stereocenters. The second-order valence-electron chi connectivity index (χ2n) is 6.66. The Hall–Kier alpha value is -1.13. The van der Waals surface area contributed by atoms with E-state index in [0.717, 1.165) is 29.7 Å². The third-order valence-electron chi connectivity index (χ3n) is 4.16. The molecule has 1 fully saturated rings. The highest BCUT2D eigenvalue weighted by Crippen LogP contribution is 2.15. The average Bonchev–Trinajstić information content (AvgIpc) is 2.42. The van der Waals surface area contributed by atoms with Gasteiger partial charge >= 0.3 is 0 Å². The van der Waals surface area contributed by atoms with Crippen LogP contribution in [-0.4, -0.2) is 36.2 Å². The largest absolute Gasteiger partial charge is 0.362 e. The van der Waals surface area contributed by atoms with Gasteiger partial charge < -0.3 is 15.5 Å². The molecule has 0 amide bonds. The van der Waals surface area contributed by atoms with Crippen LogP contribution in [0.15, 0.2) is 18.2 Å².